The lowest BCUT2D eigenvalue weighted by molar-refractivity contribution is -0.138. The van der Waals surface area contributed by atoms with Crippen molar-refractivity contribution in [3.05, 3.63) is 35.4 Å². The van der Waals surface area contributed by atoms with Crippen molar-refractivity contribution in [3.63, 3.8) is 0 Å². The summed E-state index contributed by atoms with van der Waals surface area (Å²) in [4.78, 5) is 12.9. The molecule has 0 saturated carbocycles. The van der Waals surface area contributed by atoms with E-state index >= 15 is 0 Å². The molecule has 1 aromatic rings. The lowest BCUT2D eigenvalue weighted by Gasteiger charge is -2.26. The second-order valence-electron chi connectivity index (χ2n) is 4.50. The molecule has 3 nitrogen and oxygen atoms in total. The molecule has 17 heavy (non-hydrogen) atoms. The average molecular weight is 235 g/mol. The molecule has 0 saturated heterocycles. The third-order valence-electron chi connectivity index (χ3n) is 3.01. The van der Waals surface area contributed by atoms with E-state index in [-0.39, 0.29) is 12.5 Å². The van der Waals surface area contributed by atoms with Gasteiger partial charge in [0.1, 0.15) is 0 Å². The molecule has 0 aliphatic rings. The average Bonchev–Trinajstić information content (AvgIpc) is 2.27. The fourth-order valence-electron chi connectivity index (χ4n) is 1.89. The molecule has 3 heteroatoms. The number of carboxylic acids is 1. The van der Waals surface area contributed by atoms with Crippen LogP contribution in [0, 0.1) is 6.92 Å². The van der Waals surface area contributed by atoms with Crippen LogP contribution in [-0.4, -0.2) is 28.6 Å². The van der Waals surface area contributed by atoms with E-state index in [0.29, 0.717) is 0 Å². The SMILES string of the molecule is CCN(Cc1ccc(C)cc1)C(C)CC(=O)O. The number of hydrogen-bond acceptors (Lipinski definition) is 2. The first-order chi connectivity index (χ1) is 8.02. The third kappa shape index (κ3) is 4.57. The van der Waals surface area contributed by atoms with Crippen molar-refractivity contribution in [2.45, 2.75) is 39.8 Å². The van der Waals surface area contributed by atoms with Gasteiger partial charge in [-0.25, -0.2) is 0 Å². The minimum Gasteiger partial charge on any atom is -0.481 e. The van der Waals surface area contributed by atoms with E-state index in [4.69, 9.17) is 5.11 Å². The molecule has 94 valence electrons. The Balaban J connectivity index is 2.62. The Labute approximate surface area is 103 Å². The lowest BCUT2D eigenvalue weighted by Crippen LogP contribution is -2.34. The number of rotatable bonds is 6. The van der Waals surface area contributed by atoms with Crippen LogP contribution in [0.4, 0.5) is 0 Å². The Kier molecular flexibility index (Phi) is 5.16. The first kappa shape index (κ1) is 13.7. The van der Waals surface area contributed by atoms with Gasteiger partial charge in [0.15, 0.2) is 0 Å². The Morgan fingerprint density at radius 3 is 2.41 bits per heavy atom. The molecule has 0 amide bonds. The van der Waals surface area contributed by atoms with Crippen LogP contribution in [0.2, 0.25) is 0 Å². The molecule has 0 aromatic heterocycles. The molecule has 0 bridgehead atoms. The van der Waals surface area contributed by atoms with Gasteiger partial charge < -0.3 is 5.11 Å². The van der Waals surface area contributed by atoms with Crippen molar-refractivity contribution in [3.8, 4) is 0 Å². The van der Waals surface area contributed by atoms with E-state index in [0.717, 1.165) is 13.1 Å². The molecule has 0 heterocycles. The highest BCUT2D eigenvalue weighted by Gasteiger charge is 2.15. The maximum atomic E-state index is 10.7. The molecule has 1 atom stereocenters. The second-order valence-corrected chi connectivity index (χ2v) is 4.50. The smallest absolute Gasteiger partial charge is 0.304 e. The summed E-state index contributed by atoms with van der Waals surface area (Å²) in [5.74, 6) is -0.736. The quantitative estimate of drug-likeness (QED) is 0.824. The minimum absolute atomic E-state index is 0.0683. The van der Waals surface area contributed by atoms with Gasteiger partial charge in [-0.15, -0.1) is 0 Å². The molecule has 1 rings (SSSR count). The maximum Gasteiger partial charge on any atom is 0.304 e. The first-order valence-corrected chi connectivity index (χ1v) is 6.04. The summed E-state index contributed by atoms with van der Waals surface area (Å²) in [5, 5.41) is 8.80. The molecule has 0 radical (unpaired) electrons. The van der Waals surface area contributed by atoms with Crippen LogP contribution in [0.1, 0.15) is 31.4 Å². The number of hydrogen-bond donors (Lipinski definition) is 1. The van der Waals surface area contributed by atoms with E-state index < -0.39 is 5.97 Å². The zero-order valence-corrected chi connectivity index (χ0v) is 10.8. The van der Waals surface area contributed by atoms with Crippen LogP contribution < -0.4 is 0 Å². The van der Waals surface area contributed by atoms with Crippen LogP contribution in [0.3, 0.4) is 0 Å². The molecule has 0 aliphatic heterocycles. The van der Waals surface area contributed by atoms with E-state index in [1.165, 1.54) is 11.1 Å². The van der Waals surface area contributed by atoms with Crippen LogP contribution >= 0.6 is 0 Å². The summed E-state index contributed by atoms with van der Waals surface area (Å²) >= 11 is 0. The maximum absolute atomic E-state index is 10.7. The highest BCUT2D eigenvalue weighted by molar-refractivity contribution is 5.67. The Morgan fingerprint density at radius 2 is 1.94 bits per heavy atom. The Hall–Kier alpha value is -1.35. The van der Waals surface area contributed by atoms with Crippen LogP contribution in [0.25, 0.3) is 0 Å². The van der Waals surface area contributed by atoms with Gasteiger partial charge in [-0.3, -0.25) is 9.69 Å². The number of benzene rings is 1. The van der Waals surface area contributed by atoms with Crippen LogP contribution in [0.5, 0.6) is 0 Å². The third-order valence-corrected chi connectivity index (χ3v) is 3.01. The fraction of sp³-hybridized carbons (Fsp3) is 0.500. The number of aryl methyl sites for hydroxylation is 1. The van der Waals surface area contributed by atoms with Crippen molar-refractivity contribution in [1.29, 1.82) is 0 Å². The largest absolute Gasteiger partial charge is 0.481 e. The normalized spacial score (nSPS) is 12.7. The molecule has 1 N–H and O–H groups in total. The van der Waals surface area contributed by atoms with E-state index in [9.17, 15) is 4.79 Å². The van der Waals surface area contributed by atoms with Gasteiger partial charge in [0.25, 0.3) is 0 Å². The zero-order chi connectivity index (χ0) is 12.8. The van der Waals surface area contributed by atoms with Gasteiger partial charge in [-0.2, -0.15) is 0 Å². The summed E-state index contributed by atoms with van der Waals surface area (Å²) in [7, 11) is 0. The number of aliphatic carboxylic acids is 1. The summed E-state index contributed by atoms with van der Waals surface area (Å²) in [6.07, 6.45) is 0.194. The van der Waals surface area contributed by atoms with Crippen molar-refractivity contribution in [2.75, 3.05) is 6.54 Å². The van der Waals surface area contributed by atoms with Crippen molar-refractivity contribution in [2.24, 2.45) is 0 Å². The summed E-state index contributed by atoms with van der Waals surface area (Å²) in [6.45, 7) is 7.76. The van der Waals surface area contributed by atoms with E-state index in [2.05, 4.69) is 43.0 Å². The summed E-state index contributed by atoms with van der Waals surface area (Å²) in [6, 6.07) is 8.45. The minimum atomic E-state index is -0.736. The van der Waals surface area contributed by atoms with Crippen molar-refractivity contribution >= 4 is 5.97 Å². The van der Waals surface area contributed by atoms with E-state index in [1.807, 2.05) is 6.92 Å². The predicted molar refractivity (Wildman–Crippen MR) is 69.0 cm³/mol. The molecule has 0 spiro atoms. The van der Waals surface area contributed by atoms with Gasteiger partial charge in [0.05, 0.1) is 6.42 Å². The van der Waals surface area contributed by atoms with Crippen LogP contribution in [0.15, 0.2) is 24.3 Å². The van der Waals surface area contributed by atoms with Gasteiger partial charge in [-0.05, 0) is 26.0 Å². The highest BCUT2D eigenvalue weighted by Crippen LogP contribution is 2.11. The van der Waals surface area contributed by atoms with Crippen molar-refractivity contribution in [1.82, 2.24) is 4.90 Å². The molecule has 0 aliphatic carbocycles. The van der Waals surface area contributed by atoms with Gasteiger partial charge in [-0.1, -0.05) is 36.8 Å². The molecule has 1 aromatic carbocycles. The summed E-state index contributed by atoms with van der Waals surface area (Å²) < 4.78 is 0. The summed E-state index contributed by atoms with van der Waals surface area (Å²) in [5.41, 5.74) is 2.48. The Bertz CT molecular complexity index is 359. The zero-order valence-electron chi connectivity index (χ0n) is 10.8. The molecular weight excluding hydrogens is 214 g/mol. The van der Waals surface area contributed by atoms with Gasteiger partial charge >= 0.3 is 5.97 Å². The number of carboxylic acid groups (broad SMARTS) is 1. The first-order valence-electron chi connectivity index (χ1n) is 6.04. The van der Waals surface area contributed by atoms with E-state index in [1.54, 1.807) is 0 Å². The lowest BCUT2D eigenvalue weighted by atomic mass is 10.1. The molecular formula is C14H21NO2. The predicted octanol–water partition coefficient (Wildman–Crippen LogP) is 2.68. The monoisotopic (exact) mass is 235 g/mol. The highest BCUT2D eigenvalue weighted by atomic mass is 16.4. The van der Waals surface area contributed by atoms with Gasteiger partial charge in [0.2, 0.25) is 0 Å². The molecule has 1 unspecified atom stereocenters. The van der Waals surface area contributed by atoms with Crippen molar-refractivity contribution < 1.29 is 9.90 Å². The van der Waals surface area contributed by atoms with Gasteiger partial charge in [0, 0.05) is 12.6 Å². The molecule has 0 fully saturated rings. The van der Waals surface area contributed by atoms with Crippen LogP contribution in [-0.2, 0) is 11.3 Å². The Morgan fingerprint density at radius 1 is 1.35 bits per heavy atom. The fourth-order valence-corrected chi connectivity index (χ4v) is 1.89. The topological polar surface area (TPSA) is 40.5 Å². The second kappa shape index (κ2) is 6.40. The number of carbonyl (C=O) groups is 1. The standard InChI is InChI=1S/C14H21NO2/c1-4-15(12(3)9-14(16)17)10-13-7-5-11(2)6-8-13/h5-8,12H,4,9-10H2,1-3H3,(H,16,17). The number of nitrogens with zero attached hydrogens (tertiary/aromatic N) is 1.